The Bertz CT molecular complexity index is 344. The average molecular weight is 261 g/mol. The molecule has 0 amide bonds. The summed E-state index contributed by atoms with van der Waals surface area (Å²) in [5, 5.41) is 9.67. The molecule has 5 heteroatoms. The number of rotatable bonds is 3. The summed E-state index contributed by atoms with van der Waals surface area (Å²) in [4.78, 5) is 3.46. The van der Waals surface area contributed by atoms with Crippen molar-refractivity contribution in [3.63, 3.8) is 0 Å². The van der Waals surface area contributed by atoms with Gasteiger partial charge in [0.15, 0.2) is 0 Å². The summed E-state index contributed by atoms with van der Waals surface area (Å²) in [7, 11) is 0. The summed E-state index contributed by atoms with van der Waals surface area (Å²) in [6, 6.07) is 4.14. The van der Waals surface area contributed by atoms with Crippen molar-refractivity contribution in [1.82, 2.24) is 4.90 Å². The van der Waals surface area contributed by atoms with Crippen LogP contribution >= 0.6 is 22.9 Å². The van der Waals surface area contributed by atoms with Crippen molar-refractivity contribution < 1.29 is 5.11 Å². The third-order valence-corrected chi connectivity index (χ3v) is 4.35. The molecule has 2 rings (SSSR count). The summed E-state index contributed by atoms with van der Waals surface area (Å²) in [5.74, 6) is 0. The highest BCUT2D eigenvalue weighted by atomic mass is 35.5. The number of thiophene rings is 1. The topological polar surface area (TPSA) is 49.5 Å². The molecule has 2 heterocycles. The fourth-order valence-electron chi connectivity index (χ4n) is 2.22. The molecule has 1 saturated heterocycles. The van der Waals surface area contributed by atoms with Gasteiger partial charge in [-0.15, -0.1) is 11.3 Å². The van der Waals surface area contributed by atoms with E-state index in [0.717, 1.165) is 30.3 Å². The van der Waals surface area contributed by atoms with Gasteiger partial charge in [-0.3, -0.25) is 4.90 Å². The number of nitrogens with two attached hydrogens (primary N) is 1. The first-order valence-electron chi connectivity index (χ1n) is 5.58. The Balaban J connectivity index is 2.09. The number of halogens is 1. The van der Waals surface area contributed by atoms with E-state index in [2.05, 4.69) is 4.90 Å². The van der Waals surface area contributed by atoms with E-state index in [0.29, 0.717) is 6.54 Å². The first-order chi connectivity index (χ1) is 7.70. The maximum absolute atomic E-state index is 9.67. The average Bonchev–Trinajstić information content (AvgIpc) is 2.66. The van der Waals surface area contributed by atoms with E-state index in [1.807, 2.05) is 12.1 Å². The van der Waals surface area contributed by atoms with Crippen LogP contribution in [0, 0.1) is 0 Å². The van der Waals surface area contributed by atoms with Gasteiger partial charge in [-0.2, -0.15) is 0 Å². The third kappa shape index (κ3) is 2.76. The van der Waals surface area contributed by atoms with Gasteiger partial charge >= 0.3 is 0 Å². The van der Waals surface area contributed by atoms with E-state index in [9.17, 15) is 5.11 Å². The standard InChI is InChI=1S/C11H17ClN2OS/c12-11-4-3-10(16-11)9(6-13)14-5-1-2-8(15)7-14/h3-4,8-9,15H,1-2,5-7,13H2. The predicted molar refractivity (Wildman–Crippen MR) is 67.9 cm³/mol. The summed E-state index contributed by atoms with van der Waals surface area (Å²) in [6.07, 6.45) is 1.73. The third-order valence-electron chi connectivity index (χ3n) is 3.01. The molecule has 0 radical (unpaired) electrons. The molecular formula is C11H17ClN2OS. The number of hydrogen-bond donors (Lipinski definition) is 2. The molecule has 2 atom stereocenters. The molecule has 2 unspecified atom stereocenters. The summed E-state index contributed by atoms with van der Waals surface area (Å²) in [6.45, 7) is 2.30. The number of aliphatic hydroxyl groups is 1. The fraction of sp³-hybridized carbons (Fsp3) is 0.636. The normalized spacial score (nSPS) is 24.6. The maximum Gasteiger partial charge on any atom is 0.0931 e. The van der Waals surface area contributed by atoms with Crippen molar-refractivity contribution in [3.8, 4) is 0 Å². The van der Waals surface area contributed by atoms with Crippen LogP contribution in [0.15, 0.2) is 12.1 Å². The lowest BCUT2D eigenvalue weighted by molar-refractivity contribution is 0.0488. The Labute approximate surface area is 105 Å². The van der Waals surface area contributed by atoms with Crippen molar-refractivity contribution in [2.24, 2.45) is 5.73 Å². The zero-order chi connectivity index (χ0) is 11.5. The highest BCUT2D eigenvalue weighted by Gasteiger charge is 2.25. The van der Waals surface area contributed by atoms with Crippen LogP contribution in [0.1, 0.15) is 23.8 Å². The van der Waals surface area contributed by atoms with E-state index < -0.39 is 0 Å². The molecular weight excluding hydrogens is 244 g/mol. The molecule has 0 aromatic carbocycles. The zero-order valence-electron chi connectivity index (χ0n) is 9.10. The van der Waals surface area contributed by atoms with E-state index in [1.54, 1.807) is 11.3 Å². The quantitative estimate of drug-likeness (QED) is 0.872. The molecule has 1 aliphatic rings. The monoisotopic (exact) mass is 260 g/mol. The largest absolute Gasteiger partial charge is 0.392 e. The summed E-state index contributed by atoms with van der Waals surface area (Å²) >= 11 is 7.52. The van der Waals surface area contributed by atoms with Crippen LogP contribution in [0.4, 0.5) is 0 Å². The van der Waals surface area contributed by atoms with Gasteiger partial charge in [0, 0.05) is 18.0 Å². The fourth-order valence-corrected chi connectivity index (χ4v) is 3.43. The molecule has 1 aromatic rings. The summed E-state index contributed by atoms with van der Waals surface area (Å²) < 4.78 is 0.797. The molecule has 1 fully saturated rings. The first kappa shape index (κ1) is 12.3. The van der Waals surface area contributed by atoms with Crippen LogP contribution < -0.4 is 5.73 Å². The van der Waals surface area contributed by atoms with Gasteiger partial charge in [-0.25, -0.2) is 0 Å². The number of β-amino-alcohol motifs (C(OH)–C–C–N with tert-alkyl or cyclic N) is 1. The lowest BCUT2D eigenvalue weighted by Gasteiger charge is -2.35. The van der Waals surface area contributed by atoms with Crippen LogP contribution in [0.2, 0.25) is 4.34 Å². The van der Waals surface area contributed by atoms with Crippen molar-refractivity contribution in [2.75, 3.05) is 19.6 Å². The Morgan fingerprint density at radius 3 is 3.00 bits per heavy atom. The lowest BCUT2D eigenvalue weighted by Crippen LogP contribution is -2.42. The molecule has 16 heavy (non-hydrogen) atoms. The zero-order valence-corrected chi connectivity index (χ0v) is 10.7. The van der Waals surface area contributed by atoms with Crippen molar-refractivity contribution >= 4 is 22.9 Å². The van der Waals surface area contributed by atoms with Crippen LogP contribution in [0.3, 0.4) is 0 Å². The molecule has 3 N–H and O–H groups in total. The highest BCUT2D eigenvalue weighted by molar-refractivity contribution is 7.16. The molecule has 1 aromatic heterocycles. The van der Waals surface area contributed by atoms with Crippen LogP contribution in [-0.2, 0) is 0 Å². The van der Waals surface area contributed by atoms with Crippen molar-refractivity contribution in [1.29, 1.82) is 0 Å². The molecule has 0 saturated carbocycles. The van der Waals surface area contributed by atoms with E-state index in [-0.39, 0.29) is 12.1 Å². The Morgan fingerprint density at radius 1 is 1.62 bits per heavy atom. The molecule has 3 nitrogen and oxygen atoms in total. The van der Waals surface area contributed by atoms with Gasteiger partial charge in [0.2, 0.25) is 0 Å². The van der Waals surface area contributed by atoms with E-state index in [1.165, 1.54) is 4.88 Å². The van der Waals surface area contributed by atoms with Crippen molar-refractivity contribution in [2.45, 2.75) is 25.0 Å². The maximum atomic E-state index is 9.67. The van der Waals surface area contributed by atoms with E-state index >= 15 is 0 Å². The Hall–Kier alpha value is -0.130. The molecule has 0 aliphatic carbocycles. The second-order valence-corrected chi connectivity index (χ2v) is 5.93. The number of piperidine rings is 1. The molecule has 1 aliphatic heterocycles. The number of hydrogen-bond acceptors (Lipinski definition) is 4. The predicted octanol–water partition coefficient (Wildman–Crippen LogP) is 1.86. The first-order valence-corrected chi connectivity index (χ1v) is 6.77. The van der Waals surface area contributed by atoms with Gasteiger partial charge in [-0.1, -0.05) is 11.6 Å². The van der Waals surface area contributed by atoms with Crippen molar-refractivity contribution in [3.05, 3.63) is 21.3 Å². The van der Waals surface area contributed by atoms with Gasteiger partial charge in [0.05, 0.1) is 16.5 Å². The number of nitrogens with zero attached hydrogens (tertiary/aromatic N) is 1. The second-order valence-electron chi connectivity index (χ2n) is 4.18. The lowest BCUT2D eigenvalue weighted by atomic mass is 10.1. The minimum atomic E-state index is -0.210. The minimum absolute atomic E-state index is 0.201. The van der Waals surface area contributed by atoms with Gasteiger partial charge in [0.25, 0.3) is 0 Å². The molecule has 90 valence electrons. The number of aliphatic hydroxyl groups excluding tert-OH is 1. The minimum Gasteiger partial charge on any atom is -0.392 e. The van der Waals surface area contributed by atoms with Crippen LogP contribution in [0.5, 0.6) is 0 Å². The molecule has 0 bridgehead atoms. The molecule has 0 spiro atoms. The van der Waals surface area contributed by atoms with E-state index in [4.69, 9.17) is 17.3 Å². The van der Waals surface area contributed by atoms with Crippen LogP contribution in [-0.4, -0.2) is 35.7 Å². The van der Waals surface area contributed by atoms with Gasteiger partial charge in [0.1, 0.15) is 0 Å². The Morgan fingerprint density at radius 2 is 2.44 bits per heavy atom. The smallest absolute Gasteiger partial charge is 0.0931 e. The SMILES string of the molecule is NCC(c1ccc(Cl)s1)N1CCCC(O)C1. The highest BCUT2D eigenvalue weighted by Crippen LogP contribution is 2.31. The number of likely N-dealkylation sites (tertiary alicyclic amines) is 1. The Kier molecular flexibility index (Phi) is 4.21. The van der Waals surface area contributed by atoms with Gasteiger partial charge in [-0.05, 0) is 31.5 Å². The second kappa shape index (κ2) is 5.47. The van der Waals surface area contributed by atoms with Crippen LogP contribution in [0.25, 0.3) is 0 Å². The summed E-state index contributed by atoms with van der Waals surface area (Å²) in [5.41, 5.74) is 5.83. The van der Waals surface area contributed by atoms with Gasteiger partial charge < -0.3 is 10.8 Å².